The van der Waals surface area contributed by atoms with Crippen LogP contribution in [0.2, 0.25) is 0 Å². The van der Waals surface area contributed by atoms with E-state index in [0.29, 0.717) is 13.1 Å². The molecule has 2 rings (SSSR count). The third-order valence-corrected chi connectivity index (χ3v) is 5.49. The molecule has 118 valence electrons. The molecular weight excluding hydrogens is 286 g/mol. The fourth-order valence-corrected chi connectivity index (χ4v) is 3.32. The highest BCUT2D eigenvalue weighted by Gasteiger charge is 2.41. The standard InChI is InChI=1S/C15H25N3O2S/c1-3-9-16-10-13-5-6-14(17-11-13)21(19,20)18-12-15(4-2)7-8-15/h5-6,11,16,18H,3-4,7-10,12H2,1-2H3. The van der Waals surface area contributed by atoms with Crippen LogP contribution in [-0.4, -0.2) is 26.5 Å². The van der Waals surface area contributed by atoms with Gasteiger partial charge in [-0.1, -0.05) is 19.9 Å². The van der Waals surface area contributed by atoms with Crippen molar-refractivity contribution in [2.45, 2.75) is 51.1 Å². The van der Waals surface area contributed by atoms with Crippen molar-refractivity contribution in [3.63, 3.8) is 0 Å². The van der Waals surface area contributed by atoms with Crippen LogP contribution in [0, 0.1) is 5.41 Å². The van der Waals surface area contributed by atoms with Gasteiger partial charge >= 0.3 is 0 Å². The van der Waals surface area contributed by atoms with Gasteiger partial charge in [0.15, 0.2) is 5.03 Å². The highest BCUT2D eigenvalue weighted by atomic mass is 32.2. The third kappa shape index (κ3) is 4.49. The number of hydrogen-bond acceptors (Lipinski definition) is 4. The Morgan fingerprint density at radius 3 is 2.57 bits per heavy atom. The van der Waals surface area contributed by atoms with Gasteiger partial charge in [-0.15, -0.1) is 0 Å². The predicted molar refractivity (Wildman–Crippen MR) is 83.4 cm³/mol. The lowest BCUT2D eigenvalue weighted by Crippen LogP contribution is -2.30. The summed E-state index contributed by atoms with van der Waals surface area (Å²) in [4.78, 5) is 4.09. The monoisotopic (exact) mass is 311 g/mol. The van der Waals surface area contributed by atoms with Crippen LogP contribution < -0.4 is 10.0 Å². The molecule has 2 N–H and O–H groups in total. The minimum atomic E-state index is -3.49. The Morgan fingerprint density at radius 2 is 2.05 bits per heavy atom. The van der Waals surface area contributed by atoms with Crippen molar-refractivity contribution < 1.29 is 8.42 Å². The Labute approximate surface area is 127 Å². The maximum Gasteiger partial charge on any atom is 0.258 e. The van der Waals surface area contributed by atoms with E-state index in [1.165, 1.54) is 0 Å². The maximum absolute atomic E-state index is 12.2. The molecule has 0 aromatic carbocycles. The number of hydrogen-bond donors (Lipinski definition) is 2. The number of rotatable bonds is 9. The van der Waals surface area contributed by atoms with Crippen LogP contribution in [0.15, 0.2) is 23.4 Å². The Bertz CT molecular complexity index is 551. The summed E-state index contributed by atoms with van der Waals surface area (Å²) in [7, 11) is -3.49. The molecule has 0 bridgehead atoms. The molecule has 1 heterocycles. The van der Waals surface area contributed by atoms with E-state index in [4.69, 9.17) is 0 Å². The molecule has 0 radical (unpaired) electrons. The van der Waals surface area contributed by atoms with Crippen LogP contribution in [0.5, 0.6) is 0 Å². The highest BCUT2D eigenvalue weighted by molar-refractivity contribution is 7.89. The van der Waals surface area contributed by atoms with E-state index in [9.17, 15) is 8.42 Å². The molecule has 6 heteroatoms. The lowest BCUT2D eigenvalue weighted by Gasteiger charge is -2.13. The lowest BCUT2D eigenvalue weighted by atomic mass is 10.1. The van der Waals surface area contributed by atoms with Crippen LogP contribution in [0.25, 0.3) is 0 Å². The molecule has 0 saturated heterocycles. The molecule has 1 aromatic rings. The average Bonchev–Trinajstić information content (AvgIpc) is 3.27. The number of nitrogens with one attached hydrogen (secondary N) is 2. The molecule has 0 unspecified atom stereocenters. The summed E-state index contributed by atoms with van der Waals surface area (Å²) in [5, 5.41) is 3.37. The predicted octanol–water partition coefficient (Wildman–Crippen LogP) is 2.05. The van der Waals surface area contributed by atoms with Crippen molar-refractivity contribution in [2.24, 2.45) is 5.41 Å². The zero-order chi connectivity index (χ0) is 15.3. The lowest BCUT2D eigenvalue weighted by molar-refractivity contribution is 0.475. The van der Waals surface area contributed by atoms with Crippen LogP contribution in [0.3, 0.4) is 0 Å². The first-order valence-corrected chi connectivity index (χ1v) is 9.15. The van der Waals surface area contributed by atoms with Crippen molar-refractivity contribution in [3.8, 4) is 0 Å². The van der Waals surface area contributed by atoms with Gasteiger partial charge in [0.05, 0.1) is 0 Å². The van der Waals surface area contributed by atoms with Gasteiger partial charge in [-0.2, -0.15) is 0 Å². The molecular formula is C15H25N3O2S. The van der Waals surface area contributed by atoms with Crippen molar-refractivity contribution in [1.82, 2.24) is 15.0 Å². The second-order valence-electron chi connectivity index (χ2n) is 5.86. The second kappa shape index (κ2) is 6.85. The van der Waals surface area contributed by atoms with Crippen molar-refractivity contribution >= 4 is 10.0 Å². The topological polar surface area (TPSA) is 71.1 Å². The molecule has 1 saturated carbocycles. The molecule has 1 aromatic heterocycles. The van der Waals surface area contributed by atoms with E-state index in [1.807, 2.05) is 6.07 Å². The molecule has 1 aliphatic rings. The first kappa shape index (κ1) is 16.4. The zero-order valence-corrected chi connectivity index (χ0v) is 13.7. The summed E-state index contributed by atoms with van der Waals surface area (Å²) >= 11 is 0. The number of nitrogens with zero attached hydrogens (tertiary/aromatic N) is 1. The SMILES string of the molecule is CCCNCc1ccc(S(=O)(=O)NCC2(CC)CC2)nc1. The van der Waals surface area contributed by atoms with Crippen LogP contribution in [0.1, 0.15) is 45.1 Å². The minimum Gasteiger partial charge on any atom is -0.313 e. The van der Waals surface area contributed by atoms with Crippen LogP contribution in [0.4, 0.5) is 0 Å². The molecule has 21 heavy (non-hydrogen) atoms. The molecule has 1 fully saturated rings. The van der Waals surface area contributed by atoms with E-state index in [1.54, 1.807) is 12.3 Å². The van der Waals surface area contributed by atoms with Gasteiger partial charge in [0.1, 0.15) is 0 Å². The van der Waals surface area contributed by atoms with Crippen LogP contribution >= 0.6 is 0 Å². The van der Waals surface area contributed by atoms with E-state index >= 15 is 0 Å². The van der Waals surface area contributed by atoms with Crippen molar-refractivity contribution in [1.29, 1.82) is 0 Å². The van der Waals surface area contributed by atoms with Crippen molar-refractivity contribution in [3.05, 3.63) is 23.9 Å². The summed E-state index contributed by atoms with van der Waals surface area (Å²) < 4.78 is 27.1. The molecule has 0 atom stereocenters. The Hall–Kier alpha value is -0.980. The number of pyridine rings is 1. The van der Waals surface area contributed by atoms with Gasteiger partial charge in [0.25, 0.3) is 10.0 Å². The second-order valence-corrected chi connectivity index (χ2v) is 7.57. The van der Waals surface area contributed by atoms with Crippen molar-refractivity contribution in [2.75, 3.05) is 13.1 Å². The summed E-state index contributed by atoms with van der Waals surface area (Å²) in [5.74, 6) is 0. The average molecular weight is 311 g/mol. The molecule has 1 aliphatic carbocycles. The number of aromatic nitrogens is 1. The highest BCUT2D eigenvalue weighted by Crippen LogP contribution is 2.48. The summed E-state index contributed by atoms with van der Waals surface area (Å²) in [6, 6.07) is 3.40. The largest absolute Gasteiger partial charge is 0.313 e. The first-order valence-electron chi connectivity index (χ1n) is 7.67. The van der Waals surface area contributed by atoms with E-state index in [2.05, 4.69) is 28.9 Å². The summed E-state index contributed by atoms with van der Waals surface area (Å²) in [6.07, 6.45) is 5.95. The molecule has 0 spiro atoms. The van der Waals surface area contributed by atoms with Gasteiger partial charge < -0.3 is 5.32 Å². The molecule has 0 aliphatic heterocycles. The first-order chi connectivity index (χ1) is 10.0. The van der Waals surface area contributed by atoms with Gasteiger partial charge in [-0.25, -0.2) is 18.1 Å². The normalized spacial score (nSPS) is 16.9. The van der Waals surface area contributed by atoms with Gasteiger partial charge in [-0.3, -0.25) is 0 Å². The van der Waals surface area contributed by atoms with Gasteiger partial charge in [0.2, 0.25) is 0 Å². The third-order valence-electron chi connectivity index (χ3n) is 4.17. The Morgan fingerprint density at radius 1 is 1.29 bits per heavy atom. The molecule has 5 nitrogen and oxygen atoms in total. The van der Waals surface area contributed by atoms with E-state index in [0.717, 1.165) is 37.8 Å². The fraction of sp³-hybridized carbons (Fsp3) is 0.667. The Balaban J connectivity index is 1.93. The fourth-order valence-electron chi connectivity index (χ4n) is 2.24. The van der Waals surface area contributed by atoms with Crippen LogP contribution in [-0.2, 0) is 16.6 Å². The van der Waals surface area contributed by atoms with E-state index < -0.39 is 10.0 Å². The zero-order valence-electron chi connectivity index (χ0n) is 12.9. The van der Waals surface area contributed by atoms with Gasteiger partial charge in [0, 0.05) is 19.3 Å². The van der Waals surface area contributed by atoms with E-state index in [-0.39, 0.29) is 10.4 Å². The number of sulfonamides is 1. The molecule has 0 amide bonds. The van der Waals surface area contributed by atoms with Gasteiger partial charge in [-0.05, 0) is 49.3 Å². The summed E-state index contributed by atoms with van der Waals surface area (Å²) in [5.41, 5.74) is 1.19. The Kier molecular flexibility index (Phi) is 5.35. The minimum absolute atomic E-state index is 0.105. The smallest absolute Gasteiger partial charge is 0.258 e. The maximum atomic E-state index is 12.2. The summed E-state index contributed by atoms with van der Waals surface area (Å²) in [6.45, 7) is 6.40. The quantitative estimate of drug-likeness (QED) is 0.685.